The lowest BCUT2D eigenvalue weighted by molar-refractivity contribution is 0.379. The molecular weight excluding hydrogens is 319 g/mol. The molecule has 3 aromatic heterocycles. The Labute approximate surface area is 135 Å². The fraction of sp³-hybridized carbons (Fsp3) is 0.0625. The zero-order valence-electron chi connectivity index (χ0n) is 11.8. The molecule has 7 heteroatoms. The Bertz CT molecular complexity index is 977. The molecule has 5 nitrogen and oxygen atoms in total. The highest BCUT2D eigenvalue weighted by Gasteiger charge is 2.11. The van der Waals surface area contributed by atoms with Crippen molar-refractivity contribution in [2.24, 2.45) is 0 Å². The van der Waals surface area contributed by atoms with Gasteiger partial charge in [-0.05, 0) is 30.3 Å². The van der Waals surface area contributed by atoms with Crippen LogP contribution in [0.25, 0.3) is 22.3 Å². The van der Waals surface area contributed by atoms with Crippen molar-refractivity contribution >= 4 is 22.6 Å². The molecule has 0 N–H and O–H groups in total. The van der Waals surface area contributed by atoms with Crippen molar-refractivity contribution in [2.45, 2.75) is 6.54 Å². The summed E-state index contributed by atoms with van der Waals surface area (Å²) in [5.74, 6) is 0.379. The van der Waals surface area contributed by atoms with E-state index in [0.717, 1.165) is 16.6 Å². The Kier molecular flexibility index (Phi) is 3.31. The quantitative estimate of drug-likeness (QED) is 0.535. The maximum Gasteiger partial charge on any atom is 0.157 e. The van der Waals surface area contributed by atoms with Crippen molar-refractivity contribution in [3.63, 3.8) is 0 Å². The molecule has 1 aromatic carbocycles. The van der Waals surface area contributed by atoms with Crippen LogP contribution in [0.3, 0.4) is 0 Å². The predicted octanol–water partition coefficient (Wildman–Crippen LogP) is 3.93. The molecule has 4 rings (SSSR count). The second kappa shape index (κ2) is 5.48. The van der Waals surface area contributed by atoms with E-state index < -0.39 is 0 Å². The number of hydrogen-bond donors (Lipinski definition) is 0. The van der Waals surface area contributed by atoms with Crippen LogP contribution < -0.4 is 0 Å². The molecule has 0 aliphatic carbocycles. The summed E-state index contributed by atoms with van der Waals surface area (Å²) in [6.45, 7) is 0.463. The molecule has 0 aliphatic rings. The number of halogens is 2. The Balaban J connectivity index is 1.64. The molecule has 3 heterocycles. The molecule has 0 unspecified atom stereocenters. The fourth-order valence-electron chi connectivity index (χ4n) is 2.41. The molecule has 4 aromatic rings. The van der Waals surface area contributed by atoms with E-state index in [2.05, 4.69) is 15.1 Å². The van der Waals surface area contributed by atoms with Gasteiger partial charge in [0.15, 0.2) is 5.76 Å². The Morgan fingerprint density at radius 2 is 1.96 bits per heavy atom. The van der Waals surface area contributed by atoms with E-state index in [-0.39, 0.29) is 5.82 Å². The van der Waals surface area contributed by atoms with Crippen molar-refractivity contribution in [3.05, 3.63) is 65.7 Å². The van der Waals surface area contributed by atoms with Crippen LogP contribution in [-0.2, 0) is 6.54 Å². The normalized spacial score (nSPS) is 11.2. The lowest BCUT2D eigenvalue weighted by Gasteiger charge is -2.00. The van der Waals surface area contributed by atoms with Gasteiger partial charge in [0.1, 0.15) is 28.6 Å². The number of fused-ring (bicyclic) bond motifs is 1. The number of aromatic nitrogens is 4. The van der Waals surface area contributed by atoms with Crippen molar-refractivity contribution in [1.29, 1.82) is 0 Å². The SMILES string of the molecule is Fc1ccc(-c2cc(Cn3ccc4c(Cl)ncnc43)on2)cc1. The highest BCUT2D eigenvalue weighted by atomic mass is 35.5. The fourth-order valence-corrected chi connectivity index (χ4v) is 2.60. The van der Waals surface area contributed by atoms with Gasteiger partial charge in [0, 0.05) is 17.8 Å². The average Bonchev–Trinajstić information content (AvgIpc) is 3.17. The second-order valence-electron chi connectivity index (χ2n) is 5.03. The standard InChI is InChI=1S/C16H10ClFN4O/c17-15-13-5-6-22(16(13)20-9-19-15)8-12-7-14(21-23-12)10-1-3-11(18)4-2-10/h1-7,9H,8H2. The van der Waals surface area contributed by atoms with Gasteiger partial charge in [0.2, 0.25) is 0 Å². The first-order valence-corrected chi connectivity index (χ1v) is 7.25. The summed E-state index contributed by atoms with van der Waals surface area (Å²) < 4.78 is 20.2. The summed E-state index contributed by atoms with van der Waals surface area (Å²) in [7, 11) is 0. The lowest BCUT2D eigenvalue weighted by Crippen LogP contribution is -1.98. The molecule has 0 saturated carbocycles. The Morgan fingerprint density at radius 1 is 1.13 bits per heavy atom. The molecule has 23 heavy (non-hydrogen) atoms. The second-order valence-corrected chi connectivity index (χ2v) is 5.39. The number of nitrogens with zero attached hydrogens (tertiary/aromatic N) is 4. The van der Waals surface area contributed by atoms with Gasteiger partial charge in [-0.25, -0.2) is 14.4 Å². The van der Waals surface area contributed by atoms with Crippen LogP contribution >= 0.6 is 11.6 Å². The van der Waals surface area contributed by atoms with E-state index in [4.69, 9.17) is 16.1 Å². The molecule has 0 saturated heterocycles. The molecule has 114 valence electrons. The predicted molar refractivity (Wildman–Crippen MR) is 83.5 cm³/mol. The van der Waals surface area contributed by atoms with Gasteiger partial charge in [0.25, 0.3) is 0 Å². The van der Waals surface area contributed by atoms with Crippen LogP contribution in [0.2, 0.25) is 5.15 Å². The minimum atomic E-state index is -0.284. The van der Waals surface area contributed by atoms with E-state index in [1.54, 1.807) is 12.1 Å². The van der Waals surface area contributed by atoms with Crippen molar-refractivity contribution in [2.75, 3.05) is 0 Å². The highest BCUT2D eigenvalue weighted by molar-refractivity contribution is 6.33. The smallest absolute Gasteiger partial charge is 0.157 e. The molecular formula is C16H10ClFN4O. The topological polar surface area (TPSA) is 56.7 Å². The van der Waals surface area contributed by atoms with Crippen LogP contribution in [0.1, 0.15) is 5.76 Å². The minimum Gasteiger partial charge on any atom is -0.359 e. The molecule has 0 bridgehead atoms. The van der Waals surface area contributed by atoms with E-state index in [1.165, 1.54) is 18.5 Å². The summed E-state index contributed by atoms with van der Waals surface area (Å²) in [5, 5.41) is 5.22. The third-order valence-corrected chi connectivity index (χ3v) is 3.83. The van der Waals surface area contributed by atoms with Gasteiger partial charge in [0.05, 0.1) is 11.9 Å². The van der Waals surface area contributed by atoms with E-state index in [9.17, 15) is 4.39 Å². The monoisotopic (exact) mass is 328 g/mol. The van der Waals surface area contributed by atoms with Gasteiger partial charge < -0.3 is 9.09 Å². The van der Waals surface area contributed by atoms with Gasteiger partial charge >= 0.3 is 0 Å². The molecule has 0 spiro atoms. The summed E-state index contributed by atoms with van der Waals surface area (Å²) in [4.78, 5) is 8.19. The first kappa shape index (κ1) is 13.9. The van der Waals surface area contributed by atoms with Crippen molar-refractivity contribution in [3.8, 4) is 11.3 Å². The molecule has 0 radical (unpaired) electrons. The molecule has 0 aliphatic heterocycles. The zero-order valence-corrected chi connectivity index (χ0v) is 12.5. The van der Waals surface area contributed by atoms with Gasteiger partial charge in [-0.1, -0.05) is 16.8 Å². The van der Waals surface area contributed by atoms with E-state index in [0.29, 0.717) is 23.2 Å². The van der Waals surface area contributed by atoms with Crippen LogP contribution in [0.5, 0.6) is 0 Å². The number of benzene rings is 1. The van der Waals surface area contributed by atoms with Crippen LogP contribution in [-0.4, -0.2) is 19.7 Å². The molecule has 0 atom stereocenters. The molecule has 0 fully saturated rings. The van der Waals surface area contributed by atoms with E-state index in [1.807, 2.05) is 22.9 Å². The van der Waals surface area contributed by atoms with Crippen molar-refractivity contribution in [1.82, 2.24) is 19.7 Å². The number of hydrogen-bond acceptors (Lipinski definition) is 4. The van der Waals surface area contributed by atoms with Crippen LogP contribution in [0.4, 0.5) is 4.39 Å². The van der Waals surface area contributed by atoms with Gasteiger partial charge in [-0.2, -0.15) is 0 Å². The minimum absolute atomic E-state index is 0.284. The summed E-state index contributed by atoms with van der Waals surface area (Å²) in [6.07, 6.45) is 3.29. The summed E-state index contributed by atoms with van der Waals surface area (Å²) in [5.41, 5.74) is 2.18. The Hall–Kier alpha value is -2.73. The summed E-state index contributed by atoms with van der Waals surface area (Å²) >= 11 is 6.04. The Morgan fingerprint density at radius 3 is 2.78 bits per heavy atom. The third kappa shape index (κ3) is 2.57. The summed E-state index contributed by atoms with van der Waals surface area (Å²) in [6, 6.07) is 9.78. The van der Waals surface area contributed by atoms with Crippen LogP contribution in [0.15, 0.2) is 53.4 Å². The average molecular weight is 329 g/mol. The lowest BCUT2D eigenvalue weighted by atomic mass is 10.1. The maximum atomic E-state index is 13.0. The highest BCUT2D eigenvalue weighted by Crippen LogP contribution is 2.23. The first-order valence-electron chi connectivity index (χ1n) is 6.87. The zero-order chi connectivity index (χ0) is 15.8. The van der Waals surface area contributed by atoms with E-state index >= 15 is 0 Å². The maximum absolute atomic E-state index is 13.0. The van der Waals surface area contributed by atoms with Gasteiger partial charge in [-0.15, -0.1) is 0 Å². The van der Waals surface area contributed by atoms with Crippen molar-refractivity contribution < 1.29 is 8.91 Å². The first-order chi connectivity index (χ1) is 11.2. The van der Waals surface area contributed by atoms with Gasteiger partial charge in [-0.3, -0.25) is 0 Å². The third-order valence-electron chi connectivity index (χ3n) is 3.53. The van der Waals surface area contributed by atoms with Crippen LogP contribution in [0, 0.1) is 5.82 Å². The molecule has 0 amide bonds. The largest absolute Gasteiger partial charge is 0.359 e. The number of rotatable bonds is 3.